The largest absolute Gasteiger partial charge is 0.497 e. The van der Waals surface area contributed by atoms with E-state index in [9.17, 15) is 18.0 Å². The molecule has 0 spiro atoms. The molecular weight excluding hydrogens is 622 g/mol. The summed E-state index contributed by atoms with van der Waals surface area (Å²) in [6, 6.07) is 19.0. The van der Waals surface area contributed by atoms with Crippen molar-refractivity contribution in [2.45, 2.75) is 57.6 Å². The third kappa shape index (κ3) is 8.72. The van der Waals surface area contributed by atoms with Gasteiger partial charge in [-0.25, -0.2) is 8.42 Å². The Balaban J connectivity index is 2.05. The van der Waals surface area contributed by atoms with E-state index >= 15 is 0 Å². The van der Waals surface area contributed by atoms with Crippen LogP contribution in [0.2, 0.25) is 0 Å². The number of nitrogens with zero attached hydrogens (tertiary/aromatic N) is 2. The summed E-state index contributed by atoms with van der Waals surface area (Å²) in [5, 5.41) is 2.92. The van der Waals surface area contributed by atoms with E-state index in [1.807, 2.05) is 33.8 Å². The summed E-state index contributed by atoms with van der Waals surface area (Å²) in [4.78, 5) is 28.7. The Morgan fingerprint density at radius 1 is 0.976 bits per heavy atom. The molecule has 9 nitrogen and oxygen atoms in total. The lowest BCUT2D eigenvalue weighted by molar-refractivity contribution is -0.140. The van der Waals surface area contributed by atoms with Gasteiger partial charge in [0.25, 0.3) is 10.0 Å². The summed E-state index contributed by atoms with van der Waals surface area (Å²) in [6.07, 6.45) is 0. The van der Waals surface area contributed by atoms with Crippen LogP contribution in [-0.4, -0.2) is 57.0 Å². The van der Waals surface area contributed by atoms with E-state index in [1.165, 1.54) is 17.0 Å². The molecule has 0 radical (unpaired) electrons. The van der Waals surface area contributed by atoms with Gasteiger partial charge in [0.1, 0.15) is 24.1 Å². The smallest absolute Gasteiger partial charge is 0.264 e. The SMILES string of the molecule is CCOc1ccc(N(CC(=O)N(Cc2cccc(OC)c2)[C@H](C)C(=O)NC(C)(C)C)S(=O)(=O)c2ccc(Br)cc2)cc1. The lowest BCUT2D eigenvalue weighted by atomic mass is 10.1. The number of amides is 2. The molecule has 0 saturated heterocycles. The van der Waals surface area contributed by atoms with Gasteiger partial charge in [0.05, 0.1) is 24.3 Å². The number of anilines is 1. The van der Waals surface area contributed by atoms with Crippen LogP contribution in [0.25, 0.3) is 0 Å². The molecule has 3 rings (SSSR count). The molecular formula is C31H38BrN3O6S. The van der Waals surface area contributed by atoms with Crippen LogP contribution in [0.5, 0.6) is 11.5 Å². The minimum absolute atomic E-state index is 0.0188. The van der Waals surface area contributed by atoms with Crippen molar-refractivity contribution in [3.63, 3.8) is 0 Å². The predicted octanol–water partition coefficient (Wildman–Crippen LogP) is 5.38. The van der Waals surface area contributed by atoms with Crippen molar-refractivity contribution in [1.29, 1.82) is 0 Å². The first-order chi connectivity index (χ1) is 19.7. The topological polar surface area (TPSA) is 105 Å². The fourth-order valence-corrected chi connectivity index (χ4v) is 5.84. The van der Waals surface area contributed by atoms with Gasteiger partial charge in [-0.05, 0) is 101 Å². The molecule has 0 heterocycles. The Morgan fingerprint density at radius 2 is 1.62 bits per heavy atom. The highest BCUT2D eigenvalue weighted by Crippen LogP contribution is 2.27. The minimum Gasteiger partial charge on any atom is -0.497 e. The Bertz CT molecular complexity index is 1470. The van der Waals surface area contributed by atoms with Crippen LogP contribution in [0.3, 0.4) is 0 Å². The number of benzene rings is 3. The maximum absolute atomic E-state index is 14.1. The molecule has 0 saturated carbocycles. The van der Waals surface area contributed by atoms with Crippen molar-refractivity contribution in [2.24, 2.45) is 0 Å². The molecule has 0 unspecified atom stereocenters. The number of nitrogens with one attached hydrogen (secondary N) is 1. The summed E-state index contributed by atoms with van der Waals surface area (Å²) in [5.74, 6) is 0.257. The zero-order valence-corrected chi connectivity index (χ0v) is 27.2. The lowest BCUT2D eigenvalue weighted by Gasteiger charge is -2.33. The number of sulfonamides is 1. The summed E-state index contributed by atoms with van der Waals surface area (Å²) >= 11 is 3.34. The third-order valence-corrected chi connectivity index (χ3v) is 8.59. The van der Waals surface area contributed by atoms with E-state index in [0.717, 1.165) is 9.87 Å². The van der Waals surface area contributed by atoms with Crippen molar-refractivity contribution >= 4 is 43.5 Å². The number of ether oxygens (including phenoxy) is 2. The first-order valence-electron chi connectivity index (χ1n) is 13.5. The Kier molecular flexibility index (Phi) is 11.0. The van der Waals surface area contributed by atoms with Crippen molar-refractivity contribution in [2.75, 3.05) is 24.6 Å². The van der Waals surface area contributed by atoms with Crippen LogP contribution in [0, 0.1) is 0 Å². The number of halogens is 1. The third-order valence-electron chi connectivity index (χ3n) is 6.27. The summed E-state index contributed by atoms with van der Waals surface area (Å²) in [6.45, 7) is 9.01. The zero-order valence-electron chi connectivity index (χ0n) is 24.8. The van der Waals surface area contributed by atoms with Gasteiger partial charge in [-0.15, -0.1) is 0 Å². The minimum atomic E-state index is -4.18. The molecule has 0 aliphatic rings. The van der Waals surface area contributed by atoms with E-state index in [-0.39, 0.29) is 23.0 Å². The maximum atomic E-state index is 14.1. The highest BCUT2D eigenvalue weighted by atomic mass is 79.9. The van der Waals surface area contributed by atoms with Crippen molar-refractivity contribution in [1.82, 2.24) is 10.2 Å². The number of hydrogen-bond donors (Lipinski definition) is 1. The van der Waals surface area contributed by atoms with Crippen LogP contribution in [0.4, 0.5) is 5.69 Å². The molecule has 42 heavy (non-hydrogen) atoms. The number of carbonyl (C=O) groups is 2. The molecule has 0 aliphatic carbocycles. The van der Waals surface area contributed by atoms with Gasteiger partial charge in [-0.3, -0.25) is 13.9 Å². The highest BCUT2D eigenvalue weighted by molar-refractivity contribution is 9.10. The van der Waals surface area contributed by atoms with E-state index in [0.29, 0.717) is 22.6 Å². The van der Waals surface area contributed by atoms with Crippen LogP contribution >= 0.6 is 15.9 Å². The normalized spacial score (nSPS) is 12.3. The Hall–Kier alpha value is -3.57. The number of carbonyl (C=O) groups excluding carboxylic acids is 2. The monoisotopic (exact) mass is 659 g/mol. The number of rotatable bonds is 12. The number of methoxy groups -OCH3 is 1. The molecule has 1 N–H and O–H groups in total. The maximum Gasteiger partial charge on any atom is 0.264 e. The van der Waals surface area contributed by atoms with Gasteiger partial charge < -0.3 is 19.7 Å². The van der Waals surface area contributed by atoms with Crippen LogP contribution in [-0.2, 0) is 26.2 Å². The highest BCUT2D eigenvalue weighted by Gasteiger charge is 2.33. The molecule has 2 amide bonds. The molecule has 3 aromatic carbocycles. The van der Waals surface area contributed by atoms with Gasteiger partial charge in [-0.2, -0.15) is 0 Å². The average molecular weight is 661 g/mol. The van der Waals surface area contributed by atoms with Crippen molar-refractivity contribution in [3.8, 4) is 11.5 Å². The molecule has 3 aromatic rings. The van der Waals surface area contributed by atoms with Crippen LogP contribution < -0.4 is 19.1 Å². The van der Waals surface area contributed by atoms with Crippen LogP contribution in [0.15, 0.2) is 82.2 Å². The molecule has 0 aromatic heterocycles. The van der Waals surface area contributed by atoms with E-state index in [4.69, 9.17) is 9.47 Å². The summed E-state index contributed by atoms with van der Waals surface area (Å²) in [7, 11) is -2.63. The molecule has 226 valence electrons. The molecule has 0 bridgehead atoms. The molecule has 11 heteroatoms. The second-order valence-corrected chi connectivity index (χ2v) is 13.5. The second kappa shape index (κ2) is 14.1. The van der Waals surface area contributed by atoms with Crippen LogP contribution in [0.1, 0.15) is 40.2 Å². The van der Waals surface area contributed by atoms with Crippen molar-refractivity contribution < 1.29 is 27.5 Å². The average Bonchev–Trinajstić information content (AvgIpc) is 2.94. The van der Waals surface area contributed by atoms with E-state index in [2.05, 4.69) is 21.2 Å². The van der Waals surface area contributed by atoms with Gasteiger partial charge in [-0.1, -0.05) is 28.1 Å². The summed E-state index contributed by atoms with van der Waals surface area (Å²) < 4.78 is 40.6. The first-order valence-corrected chi connectivity index (χ1v) is 15.7. The summed E-state index contributed by atoms with van der Waals surface area (Å²) in [5.41, 5.74) is 0.472. The fraction of sp³-hybridized carbons (Fsp3) is 0.355. The van der Waals surface area contributed by atoms with Gasteiger partial charge in [0.15, 0.2) is 0 Å². The van der Waals surface area contributed by atoms with Gasteiger partial charge >= 0.3 is 0 Å². The Labute approximate surface area is 257 Å². The fourth-order valence-electron chi connectivity index (χ4n) is 4.16. The number of hydrogen-bond acceptors (Lipinski definition) is 6. The lowest BCUT2D eigenvalue weighted by Crippen LogP contribution is -2.54. The standard InChI is InChI=1S/C31H38BrN3O6S/c1-7-41-26-15-13-25(14-16-26)35(42(38,39)28-17-11-24(32)12-18-28)21-29(36)34(22(2)30(37)33-31(3,4)5)20-23-9-8-10-27(19-23)40-6/h8-19,22H,7,20-21H2,1-6H3,(H,33,37)/t22-/m1/s1. The molecule has 0 fully saturated rings. The van der Waals surface area contributed by atoms with Gasteiger partial charge in [0, 0.05) is 16.6 Å². The second-order valence-electron chi connectivity index (χ2n) is 10.7. The molecule has 1 atom stereocenters. The van der Waals surface area contributed by atoms with E-state index in [1.54, 1.807) is 68.6 Å². The first kappa shape index (κ1) is 32.9. The van der Waals surface area contributed by atoms with Crippen molar-refractivity contribution in [3.05, 3.63) is 82.8 Å². The molecule has 0 aliphatic heterocycles. The quantitative estimate of drug-likeness (QED) is 0.280. The van der Waals surface area contributed by atoms with Gasteiger partial charge in [0.2, 0.25) is 11.8 Å². The predicted molar refractivity (Wildman–Crippen MR) is 167 cm³/mol. The van der Waals surface area contributed by atoms with E-state index < -0.39 is 34.1 Å². The Morgan fingerprint density at radius 3 is 2.19 bits per heavy atom. The zero-order chi connectivity index (χ0) is 31.1.